The van der Waals surface area contributed by atoms with Crippen LogP contribution in [0.4, 0.5) is 16.2 Å². The number of rotatable bonds is 4. The molecular formula is C13H18N4O2. The molecule has 1 fully saturated rings. The van der Waals surface area contributed by atoms with E-state index in [2.05, 4.69) is 10.6 Å². The monoisotopic (exact) mass is 262 g/mol. The van der Waals surface area contributed by atoms with Gasteiger partial charge in [0.25, 0.3) is 0 Å². The highest BCUT2D eigenvalue weighted by molar-refractivity contribution is 5.99. The molecule has 3 amide bonds. The zero-order chi connectivity index (χ0) is 14.0. The molecule has 102 valence electrons. The summed E-state index contributed by atoms with van der Waals surface area (Å²) < 4.78 is 0. The molecule has 1 aromatic carbocycles. The van der Waals surface area contributed by atoms with Gasteiger partial charge in [0.1, 0.15) is 0 Å². The third kappa shape index (κ3) is 3.23. The molecule has 6 nitrogen and oxygen atoms in total. The van der Waals surface area contributed by atoms with Crippen LogP contribution in [0.2, 0.25) is 0 Å². The van der Waals surface area contributed by atoms with Crippen molar-refractivity contribution in [3.63, 3.8) is 0 Å². The van der Waals surface area contributed by atoms with Crippen LogP contribution in [0.15, 0.2) is 24.3 Å². The lowest BCUT2D eigenvalue weighted by Gasteiger charge is -2.23. The van der Waals surface area contributed by atoms with Crippen LogP contribution in [0.3, 0.4) is 0 Å². The maximum absolute atomic E-state index is 12.1. The number of hydrogen-bond acceptors (Lipinski definition) is 3. The van der Waals surface area contributed by atoms with Gasteiger partial charge in [-0.15, -0.1) is 0 Å². The van der Waals surface area contributed by atoms with Gasteiger partial charge in [-0.3, -0.25) is 4.79 Å². The van der Waals surface area contributed by atoms with Crippen LogP contribution < -0.4 is 22.1 Å². The number of urea groups is 1. The lowest BCUT2D eigenvalue weighted by atomic mass is 9.96. The highest BCUT2D eigenvalue weighted by Crippen LogP contribution is 2.38. The van der Waals surface area contributed by atoms with Gasteiger partial charge in [-0.2, -0.15) is 0 Å². The molecule has 2 rings (SSSR count). The van der Waals surface area contributed by atoms with E-state index >= 15 is 0 Å². The fourth-order valence-electron chi connectivity index (χ4n) is 1.95. The summed E-state index contributed by atoms with van der Waals surface area (Å²) in [6, 6.07) is 6.11. The van der Waals surface area contributed by atoms with E-state index in [1.807, 2.05) is 0 Å². The Kier molecular flexibility index (Phi) is 3.44. The number of benzene rings is 1. The second-order valence-electron chi connectivity index (χ2n) is 5.08. The van der Waals surface area contributed by atoms with E-state index in [0.29, 0.717) is 11.4 Å². The third-order valence-electron chi connectivity index (χ3n) is 3.30. The predicted octanol–water partition coefficient (Wildman–Crippen LogP) is 1.24. The minimum atomic E-state index is -0.854. The summed E-state index contributed by atoms with van der Waals surface area (Å²) in [4.78, 5) is 22.9. The number of hydrogen-bond donors (Lipinski definition) is 4. The second kappa shape index (κ2) is 4.89. The molecule has 1 aliphatic rings. The molecule has 6 N–H and O–H groups in total. The van der Waals surface area contributed by atoms with Crippen molar-refractivity contribution in [1.82, 2.24) is 0 Å². The second-order valence-corrected chi connectivity index (χ2v) is 5.08. The van der Waals surface area contributed by atoms with E-state index in [-0.39, 0.29) is 11.8 Å². The first-order valence-corrected chi connectivity index (χ1v) is 6.16. The van der Waals surface area contributed by atoms with E-state index in [1.54, 1.807) is 31.2 Å². The van der Waals surface area contributed by atoms with E-state index in [4.69, 9.17) is 11.5 Å². The summed E-state index contributed by atoms with van der Waals surface area (Å²) >= 11 is 0. The molecule has 0 saturated heterocycles. The first-order chi connectivity index (χ1) is 8.89. The molecule has 1 unspecified atom stereocenters. The van der Waals surface area contributed by atoms with Gasteiger partial charge in [-0.1, -0.05) is 6.07 Å². The Morgan fingerprint density at radius 3 is 2.37 bits per heavy atom. The van der Waals surface area contributed by atoms with Crippen LogP contribution in [0, 0.1) is 5.92 Å². The number of primary amides is 1. The number of nitrogens with one attached hydrogen (secondary N) is 2. The van der Waals surface area contributed by atoms with Crippen molar-refractivity contribution in [1.29, 1.82) is 0 Å². The van der Waals surface area contributed by atoms with Crippen LogP contribution >= 0.6 is 0 Å². The highest BCUT2D eigenvalue weighted by atomic mass is 16.2. The SMILES string of the molecule is CC(N)(C(=O)Nc1cccc(NC(N)=O)c1)C1CC1. The Labute approximate surface area is 111 Å². The van der Waals surface area contributed by atoms with E-state index in [0.717, 1.165) is 12.8 Å². The average Bonchev–Trinajstić information content (AvgIpc) is 3.12. The third-order valence-corrected chi connectivity index (χ3v) is 3.30. The summed E-state index contributed by atoms with van der Waals surface area (Å²) in [6.45, 7) is 1.74. The lowest BCUT2D eigenvalue weighted by molar-refractivity contribution is -0.121. The summed E-state index contributed by atoms with van der Waals surface area (Å²) in [5, 5.41) is 5.21. The topological polar surface area (TPSA) is 110 Å². The molecule has 0 bridgehead atoms. The molecule has 1 aromatic rings. The number of carbonyl (C=O) groups is 2. The minimum absolute atomic E-state index is 0.216. The van der Waals surface area contributed by atoms with E-state index < -0.39 is 11.6 Å². The molecule has 1 saturated carbocycles. The Morgan fingerprint density at radius 1 is 1.26 bits per heavy atom. The predicted molar refractivity (Wildman–Crippen MR) is 73.6 cm³/mol. The smallest absolute Gasteiger partial charge is 0.316 e. The van der Waals surface area contributed by atoms with Crippen LogP contribution in [-0.2, 0) is 4.79 Å². The number of carbonyl (C=O) groups excluding carboxylic acids is 2. The summed E-state index contributed by atoms with van der Waals surface area (Å²) in [7, 11) is 0. The Hall–Kier alpha value is -2.08. The lowest BCUT2D eigenvalue weighted by Crippen LogP contribution is -2.50. The van der Waals surface area contributed by atoms with Crippen molar-refractivity contribution < 1.29 is 9.59 Å². The molecule has 19 heavy (non-hydrogen) atoms. The van der Waals surface area contributed by atoms with Crippen LogP contribution in [0.5, 0.6) is 0 Å². The number of anilines is 2. The number of nitrogens with two attached hydrogens (primary N) is 2. The summed E-state index contributed by atoms with van der Waals surface area (Å²) in [6.07, 6.45) is 1.98. The summed E-state index contributed by atoms with van der Waals surface area (Å²) in [5.74, 6) is 0.0330. The van der Waals surface area contributed by atoms with Gasteiger partial charge < -0.3 is 22.1 Å². The highest BCUT2D eigenvalue weighted by Gasteiger charge is 2.44. The van der Waals surface area contributed by atoms with Crippen molar-refractivity contribution in [2.45, 2.75) is 25.3 Å². The van der Waals surface area contributed by atoms with E-state index in [9.17, 15) is 9.59 Å². The first kappa shape index (κ1) is 13.4. The maximum Gasteiger partial charge on any atom is 0.316 e. The van der Waals surface area contributed by atoms with Gasteiger partial charge in [0.05, 0.1) is 5.54 Å². The molecule has 0 aromatic heterocycles. The molecule has 1 aliphatic carbocycles. The zero-order valence-electron chi connectivity index (χ0n) is 10.8. The van der Waals surface area contributed by atoms with Gasteiger partial charge >= 0.3 is 6.03 Å². The van der Waals surface area contributed by atoms with Crippen LogP contribution in [0.25, 0.3) is 0 Å². The first-order valence-electron chi connectivity index (χ1n) is 6.16. The van der Waals surface area contributed by atoms with Gasteiger partial charge in [0, 0.05) is 11.4 Å². The fraction of sp³-hybridized carbons (Fsp3) is 0.385. The average molecular weight is 262 g/mol. The Balaban J connectivity index is 2.06. The normalized spacial score (nSPS) is 17.4. The molecule has 1 atom stereocenters. The molecule has 6 heteroatoms. The maximum atomic E-state index is 12.1. The van der Waals surface area contributed by atoms with Crippen LogP contribution in [0.1, 0.15) is 19.8 Å². The molecule has 0 heterocycles. The molecular weight excluding hydrogens is 244 g/mol. The van der Waals surface area contributed by atoms with Crippen molar-refractivity contribution in [3.05, 3.63) is 24.3 Å². The van der Waals surface area contributed by atoms with Gasteiger partial charge in [0.2, 0.25) is 5.91 Å². The van der Waals surface area contributed by atoms with Gasteiger partial charge in [-0.05, 0) is 43.9 Å². The van der Waals surface area contributed by atoms with Gasteiger partial charge in [0.15, 0.2) is 0 Å². The van der Waals surface area contributed by atoms with Crippen molar-refractivity contribution in [3.8, 4) is 0 Å². The molecule has 0 radical (unpaired) electrons. The van der Waals surface area contributed by atoms with Crippen molar-refractivity contribution >= 4 is 23.3 Å². The zero-order valence-corrected chi connectivity index (χ0v) is 10.8. The largest absolute Gasteiger partial charge is 0.351 e. The minimum Gasteiger partial charge on any atom is -0.351 e. The van der Waals surface area contributed by atoms with Crippen molar-refractivity contribution in [2.24, 2.45) is 17.4 Å². The molecule has 0 aliphatic heterocycles. The van der Waals surface area contributed by atoms with E-state index in [1.165, 1.54) is 0 Å². The Bertz CT molecular complexity index is 509. The number of amides is 3. The summed E-state index contributed by atoms with van der Waals surface area (Å²) in [5.41, 5.74) is 11.3. The standard InChI is InChI=1S/C13H18N4O2/c1-13(15,8-5-6-8)11(18)16-9-3-2-4-10(7-9)17-12(14)19/h2-4,7-8H,5-6,15H2,1H3,(H,16,18)(H3,14,17,19). The van der Waals surface area contributed by atoms with Crippen molar-refractivity contribution in [2.75, 3.05) is 10.6 Å². The van der Waals surface area contributed by atoms with Gasteiger partial charge in [-0.25, -0.2) is 4.79 Å². The fourth-order valence-corrected chi connectivity index (χ4v) is 1.95. The molecule has 0 spiro atoms. The Morgan fingerprint density at radius 2 is 1.84 bits per heavy atom. The van der Waals surface area contributed by atoms with Crippen LogP contribution in [-0.4, -0.2) is 17.5 Å². The quantitative estimate of drug-likeness (QED) is 0.655.